The molecule has 0 aliphatic carbocycles. The van der Waals surface area contributed by atoms with E-state index in [0.29, 0.717) is 11.4 Å². The number of aryl methyl sites for hydroxylation is 1. The third kappa shape index (κ3) is 5.03. The summed E-state index contributed by atoms with van der Waals surface area (Å²) in [5, 5.41) is 2.70. The zero-order valence-electron chi connectivity index (χ0n) is 11.8. The van der Waals surface area contributed by atoms with Crippen LogP contribution in [0.15, 0.2) is 47.1 Å². The van der Waals surface area contributed by atoms with Crippen LogP contribution in [0.5, 0.6) is 0 Å². The Kier molecular flexibility index (Phi) is 5.76. The Labute approximate surface area is 141 Å². The van der Waals surface area contributed by atoms with Gasteiger partial charge in [-0.3, -0.25) is 4.79 Å². The summed E-state index contributed by atoms with van der Waals surface area (Å²) < 4.78 is 11.0. The summed E-state index contributed by atoms with van der Waals surface area (Å²) >= 11 is 2.20. The maximum absolute atomic E-state index is 11.8. The van der Waals surface area contributed by atoms with Crippen LogP contribution in [0.3, 0.4) is 0 Å². The van der Waals surface area contributed by atoms with Crippen LogP contribution < -0.4 is 5.32 Å². The highest BCUT2D eigenvalue weighted by atomic mass is 127. The summed E-state index contributed by atoms with van der Waals surface area (Å²) in [6, 6.07) is 9.07. The van der Waals surface area contributed by atoms with Crippen LogP contribution in [0, 0.1) is 10.5 Å². The second kappa shape index (κ2) is 7.79. The number of esters is 1. The van der Waals surface area contributed by atoms with Gasteiger partial charge in [0, 0.05) is 15.3 Å². The minimum absolute atomic E-state index is 0.341. The molecule has 114 valence electrons. The fourth-order valence-electron chi connectivity index (χ4n) is 1.67. The standard InChI is InChI=1S/C16H14INO4/c1-11-9-12(17)4-6-14(11)18-15(19)10-22-16(20)7-5-13-3-2-8-21-13/h2-9H,10H2,1H3,(H,18,19)/b7-5+. The lowest BCUT2D eigenvalue weighted by Crippen LogP contribution is -2.20. The second-order valence-electron chi connectivity index (χ2n) is 4.46. The Balaban J connectivity index is 1.81. The van der Waals surface area contributed by atoms with E-state index in [0.717, 1.165) is 9.13 Å². The molecule has 1 amide bonds. The lowest BCUT2D eigenvalue weighted by atomic mass is 10.2. The van der Waals surface area contributed by atoms with Gasteiger partial charge in [0.15, 0.2) is 6.61 Å². The molecule has 0 saturated carbocycles. The first-order valence-electron chi connectivity index (χ1n) is 6.49. The molecule has 2 aromatic rings. The van der Waals surface area contributed by atoms with Crippen LogP contribution in [0.4, 0.5) is 5.69 Å². The first kappa shape index (κ1) is 16.3. The SMILES string of the molecule is Cc1cc(I)ccc1NC(=O)COC(=O)/C=C/c1ccco1. The van der Waals surface area contributed by atoms with E-state index < -0.39 is 5.97 Å². The first-order valence-corrected chi connectivity index (χ1v) is 7.57. The topological polar surface area (TPSA) is 68.5 Å². The van der Waals surface area contributed by atoms with Gasteiger partial charge in [-0.05, 0) is 71.5 Å². The third-order valence-corrected chi connectivity index (χ3v) is 3.41. The van der Waals surface area contributed by atoms with E-state index in [-0.39, 0.29) is 12.5 Å². The van der Waals surface area contributed by atoms with Gasteiger partial charge in [-0.2, -0.15) is 0 Å². The third-order valence-electron chi connectivity index (χ3n) is 2.73. The van der Waals surface area contributed by atoms with Gasteiger partial charge < -0.3 is 14.5 Å². The van der Waals surface area contributed by atoms with Gasteiger partial charge in [0.2, 0.25) is 0 Å². The van der Waals surface area contributed by atoms with Crippen molar-refractivity contribution >= 4 is 46.2 Å². The molecule has 2 rings (SSSR count). The fourth-order valence-corrected chi connectivity index (χ4v) is 2.32. The quantitative estimate of drug-likeness (QED) is 0.466. The lowest BCUT2D eigenvalue weighted by molar-refractivity contribution is -0.142. The largest absolute Gasteiger partial charge is 0.465 e. The first-order chi connectivity index (χ1) is 10.5. The number of rotatable bonds is 5. The van der Waals surface area contributed by atoms with E-state index >= 15 is 0 Å². The number of ether oxygens (including phenoxy) is 1. The van der Waals surface area contributed by atoms with Gasteiger partial charge in [-0.1, -0.05) is 0 Å². The molecule has 1 N–H and O–H groups in total. The van der Waals surface area contributed by atoms with E-state index in [1.807, 2.05) is 25.1 Å². The van der Waals surface area contributed by atoms with Gasteiger partial charge in [-0.15, -0.1) is 0 Å². The number of carbonyl (C=O) groups is 2. The number of benzene rings is 1. The second-order valence-corrected chi connectivity index (χ2v) is 5.71. The molecule has 22 heavy (non-hydrogen) atoms. The van der Waals surface area contributed by atoms with Gasteiger partial charge in [0.25, 0.3) is 5.91 Å². The number of furan rings is 1. The summed E-state index contributed by atoms with van der Waals surface area (Å²) in [7, 11) is 0. The zero-order valence-corrected chi connectivity index (χ0v) is 14.0. The maximum Gasteiger partial charge on any atom is 0.331 e. The number of anilines is 1. The Morgan fingerprint density at radius 3 is 2.86 bits per heavy atom. The number of halogens is 1. The molecule has 0 fully saturated rings. The van der Waals surface area contributed by atoms with Crippen molar-refractivity contribution in [2.45, 2.75) is 6.92 Å². The smallest absolute Gasteiger partial charge is 0.331 e. The molecule has 5 nitrogen and oxygen atoms in total. The molecule has 0 spiro atoms. The molecule has 1 heterocycles. The molecule has 0 aliphatic heterocycles. The van der Waals surface area contributed by atoms with Crippen LogP contribution in [0.1, 0.15) is 11.3 Å². The van der Waals surface area contributed by atoms with E-state index in [9.17, 15) is 9.59 Å². The predicted octanol–water partition coefficient (Wildman–Crippen LogP) is 3.39. The molecule has 0 aliphatic rings. The van der Waals surface area contributed by atoms with E-state index in [1.165, 1.54) is 18.4 Å². The monoisotopic (exact) mass is 411 g/mol. The van der Waals surface area contributed by atoms with Crippen LogP contribution >= 0.6 is 22.6 Å². The Morgan fingerprint density at radius 2 is 2.18 bits per heavy atom. The normalized spacial score (nSPS) is 10.6. The van der Waals surface area contributed by atoms with Crippen LogP contribution in [-0.2, 0) is 14.3 Å². The van der Waals surface area contributed by atoms with Crippen molar-refractivity contribution in [3.8, 4) is 0 Å². The molecule has 0 bridgehead atoms. The van der Waals surface area contributed by atoms with Gasteiger partial charge in [0.05, 0.1) is 6.26 Å². The highest BCUT2D eigenvalue weighted by Gasteiger charge is 2.07. The van der Waals surface area contributed by atoms with Crippen molar-refractivity contribution in [1.29, 1.82) is 0 Å². The van der Waals surface area contributed by atoms with E-state index in [1.54, 1.807) is 12.1 Å². The summed E-state index contributed by atoms with van der Waals surface area (Å²) in [6.07, 6.45) is 4.19. The van der Waals surface area contributed by atoms with Gasteiger partial charge in [-0.25, -0.2) is 4.79 Å². The Hall–Kier alpha value is -2.09. The maximum atomic E-state index is 11.8. The van der Waals surface area contributed by atoms with Gasteiger partial charge >= 0.3 is 5.97 Å². The molecular weight excluding hydrogens is 397 g/mol. The van der Waals surface area contributed by atoms with E-state index in [4.69, 9.17) is 9.15 Å². The van der Waals surface area contributed by atoms with Crippen molar-refractivity contribution in [2.24, 2.45) is 0 Å². The van der Waals surface area contributed by atoms with Crippen molar-refractivity contribution in [3.05, 3.63) is 57.6 Å². The predicted molar refractivity (Wildman–Crippen MR) is 91.2 cm³/mol. The van der Waals surface area contributed by atoms with Crippen molar-refractivity contribution in [2.75, 3.05) is 11.9 Å². The van der Waals surface area contributed by atoms with Crippen LogP contribution in [-0.4, -0.2) is 18.5 Å². The molecule has 0 unspecified atom stereocenters. The molecule has 0 atom stereocenters. The number of hydrogen-bond donors (Lipinski definition) is 1. The van der Waals surface area contributed by atoms with Gasteiger partial charge in [0.1, 0.15) is 5.76 Å². The average Bonchev–Trinajstić information content (AvgIpc) is 2.99. The molecule has 0 radical (unpaired) electrons. The van der Waals surface area contributed by atoms with Crippen LogP contribution in [0.25, 0.3) is 6.08 Å². The Morgan fingerprint density at radius 1 is 1.36 bits per heavy atom. The Bertz CT molecular complexity index is 692. The lowest BCUT2D eigenvalue weighted by Gasteiger charge is -2.08. The number of carbonyl (C=O) groups excluding carboxylic acids is 2. The zero-order chi connectivity index (χ0) is 15.9. The van der Waals surface area contributed by atoms with Crippen molar-refractivity contribution < 1.29 is 18.7 Å². The van der Waals surface area contributed by atoms with Crippen molar-refractivity contribution in [3.63, 3.8) is 0 Å². The summed E-state index contributed by atoms with van der Waals surface area (Å²) in [5.41, 5.74) is 1.65. The molecule has 6 heteroatoms. The summed E-state index contributed by atoms with van der Waals surface area (Å²) in [5.74, 6) is -0.453. The average molecular weight is 411 g/mol. The van der Waals surface area contributed by atoms with Crippen molar-refractivity contribution in [1.82, 2.24) is 0 Å². The summed E-state index contributed by atoms with van der Waals surface area (Å²) in [6.45, 7) is 1.56. The molecule has 1 aromatic carbocycles. The number of amides is 1. The minimum Gasteiger partial charge on any atom is -0.465 e. The molecule has 0 saturated heterocycles. The van der Waals surface area contributed by atoms with E-state index in [2.05, 4.69) is 27.9 Å². The number of nitrogens with one attached hydrogen (secondary N) is 1. The highest BCUT2D eigenvalue weighted by Crippen LogP contribution is 2.17. The number of hydrogen-bond acceptors (Lipinski definition) is 4. The minimum atomic E-state index is -0.606. The summed E-state index contributed by atoms with van der Waals surface area (Å²) in [4.78, 5) is 23.2. The fraction of sp³-hybridized carbons (Fsp3) is 0.125. The molecule has 1 aromatic heterocycles. The molecular formula is C16H14INO4. The van der Waals surface area contributed by atoms with Crippen LogP contribution in [0.2, 0.25) is 0 Å². The highest BCUT2D eigenvalue weighted by molar-refractivity contribution is 14.1.